The van der Waals surface area contributed by atoms with Crippen LogP contribution in [0.25, 0.3) is 0 Å². The number of nitrogens with one attached hydrogen (secondary N) is 2. The molecule has 3 N–H and O–H groups in total. The van der Waals surface area contributed by atoms with Crippen molar-refractivity contribution in [1.82, 2.24) is 15.5 Å². The van der Waals surface area contributed by atoms with Crippen LogP contribution in [0.4, 0.5) is 9.59 Å². The number of aliphatic carboxylic acids is 1. The zero-order valence-electron chi connectivity index (χ0n) is 19.1. The van der Waals surface area contributed by atoms with Gasteiger partial charge in [-0.2, -0.15) is 0 Å². The van der Waals surface area contributed by atoms with Crippen LogP contribution in [0.3, 0.4) is 0 Å². The van der Waals surface area contributed by atoms with Crippen LogP contribution < -0.4 is 10.6 Å². The van der Waals surface area contributed by atoms with Crippen LogP contribution in [-0.4, -0.2) is 69.9 Å². The molecular formula is C20H35N3O7. The summed E-state index contributed by atoms with van der Waals surface area (Å²) >= 11 is 0. The summed E-state index contributed by atoms with van der Waals surface area (Å²) in [6.07, 6.45) is -1.43. The molecule has 1 fully saturated rings. The third-order valence-corrected chi connectivity index (χ3v) is 4.18. The van der Waals surface area contributed by atoms with Gasteiger partial charge < -0.3 is 25.2 Å². The van der Waals surface area contributed by atoms with Crippen molar-refractivity contribution in [2.75, 3.05) is 6.54 Å². The van der Waals surface area contributed by atoms with Crippen molar-refractivity contribution in [3.05, 3.63) is 0 Å². The lowest BCUT2D eigenvalue weighted by molar-refractivity contribution is -0.142. The fourth-order valence-electron chi connectivity index (χ4n) is 2.96. The van der Waals surface area contributed by atoms with E-state index in [0.29, 0.717) is 0 Å². The Morgan fingerprint density at radius 2 is 1.53 bits per heavy atom. The smallest absolute Gasteiger partial charge is 0.411 e. The fourth-order valence-corrected chi connectivity index (χ4v) is 2.96. The molecule has 10 heteroatoms. The minimum absolute atomic E-state index is 0.00509. The van der Waals surface area contributed by atoms with Crippen molar-refractivity contribution in [3.8, 4) is 0 Å². The summed E-state index contributed by atoms with van der Waals surface area (Å²) in [5.41, 5.74) is -1.49. The largest absolute Gasteiger partial charge is 0.480 e. The van der Waals surface area contributed by atoms with Crippen LogP contribution >= 0.6 is 0 Å². The van der Waals surface area contributed by atoms with Gasteiger partial charge in [0.1, 0.15) is 23.3 Å². The van der Waals surface area contributed by atoms with Crippen molar-refractivity contribution in [2.45, 2.75) is 91.1 Å². The average Bonchev–Trinajstić information content (AvgIpc) is 2.93. The molecular weight excluding hydrogens is 394 g/mol. The van der Waals surface area contributed by atoms with Gasteiger partial charge in [-0.15, -0.1) is 0 Å². The summed E-state index contributed by atoms with van der Waals surface area (Å²) < 4.78 is 10.5. The second kappa shape index (κ2) is 9.53. The Morgan fingerprint density at radius 1 is 1.00 bits per heavy atom. The molecule has 3 atom stereocenters. The van der Waals surface area contributed by atoms with E-state index in [-0.39, 0.29) is 18.9 Å². The number of rotatable bonds is 5. The molecule has 1 heterocycles. The highest BCUT2D eigenvalue weighted by Crippen LogP contribution is 2.22. The molecule has 3 unspecified atom stereocenters. The first-order chi connectivity index (χ1) is 13.5. The number of carboxylic acid groups (broad SMARTS) is 1. The first kappa shape index (κ1) is 25.5. The summed E-state index contributed by atoms with van der Waals surface area (Å²) in [7, 11) is 0. The lowest BCUT2D eigenvalue weighted by Gasteiger charge is -2.27. The highest BCUT2D eigenvalue weighted by Gasteiger charge is 2.42. The van der Waals surface area contributed by atoms with Gasteiger partial charge in [0.25, 0.3) is 0 Å². The number of ether oxygens (including phenoxy) is 2. The molecule has 1 rings (SSSR count). The molecule has 0 radical (unpaired) electrons. The zero-order valence-corrected chi connectivity index (χ0v) is 19.1. The molecule has 0 saturated carbocycles. The third kappa shape index (κ3) is 8.08. The Morgan fingerprint density at radius 3 is 1.97 bits per heavy atom. The Hall–Kier alpha value is -2.52. The van der Waals surface area contributed by atoms with Crippen LogP contribution in [0.5, 0.6) is 0 Å². The second-order valence-electron chi connectivity index (χ2n) is 9.80. The Balaban J connectivity index is 2.84. The monoisotopic (exact) mass is 429 g/mol. The van der Waals surface area contributed by atoms with Gasteiger partial charge in [0.15, 0.2) is 0 Å². The summed E-state index contributed by atoms with van der Waals surface area (Å²) in [6, 6.07) is -2.58. The van der Waals surface area contributed by atoms with Gasteiger partial charge in [-0.05, 0) is 47.5 Å². The maximum Gasteiger partial charge on any atom is 0.411 e. The number of hydrogen-bond acceptors (Lipinski definition) is 6. The lowest BCUT2D eigenvalue weighted by Crippen LogP contribution is -2.53. The highest BCUT2D eigenvalue weighted by molar-refractivity contribution is 5.87. The van der Waals surface area contributed by atoms with Crippen molar-refractivity contribution < 1.29 is 33.8 Å². The molecule has 0 spiro atoms. The van der Waals surface area contributed by atoms with Crippen molar-refractivity contribution in [2.24, 2.45) is 5.92 Å². The van der Waals surface area contributed by atoms with E-state index in [4.69, 9.17) is 9.47 Å². The predicted octanol–water partition coefficient (Wildman–Crippen LogP) is 2.11. The van der Waals surface area contributed by atoms with Crippen molar-refractivity contribution in [3.63, 3.8) is 0 Å². The predicted molar refractivity (Wildman–Crippen MR) is 109 cm³/mol. The molecule has 1 saturated heterocycles. The van der Waals surface area contributed by atoms with Gasteiger partial charge in [0.2, 0.25) is 5.91 Å². The average molecular weight is 430 g/mol. The van der Waals surface area contributed by atoms with E-state index in [1.807, 2.05) is 0 Å². The van der Waals surface area contributed by atoms with Gasteiger partial charge in [-0.25, -0.2) is 14.4 Å². The number of alkyl carbamates (subject to hydrolysis) is 1. The highest BCUT2D eigenvalue weighted by atomic mass is 16.6. The summed E-state index contributed by atoms with van der Waals surface area (Å²) in [5.74, 6) is -1.89. The number of nitrogens with zero attached hydrogens (tertiary/aromatic N) is 1. The molecule has 0 aromatic heterocycles. The topological polar surface area (TPSA) is 134 Å². The lowest BCUT2D eigenvalue weighted by atomic mass is 10.0. The van der Waals surface area contributed by atoms with Gasteiger partial charge in [-0.1, -0.05) is 13.8 Å². The normalized spacial score (nSPS) is 20.5. The SMILES string of the molecule is CC(C)C(NC(=O)OC(C)(C)C)C(=O)NC1CC(C(=O)O)N(C(=O)OC(C)(C)C)C1. The van der Waals surface area contributed by atoms with E-state index in [2.05, 4.69) is 10.6 Å². The maximum absolute atomic E-state index is 12.8. The van der Waals surface area contributed by atoms with E-state index in [9.17, 15) is 24.3 Å². The Bertz CT molecular complexity index is 664. The molecule has 172 valence electrons. The van der Waals surface area contributed by atoms with Crippen LogP contribution in [0, 0.1) is 5.92 Å². The fraction of sp³-hybridized carbons (Fsp3) is 0.800. The van der Waals surface area contributed by atoms with Crippen molar-refractivity contribution in [1.29, 1.82) is 0 Å². The van der Waals surface area contributed by atoms with E-state index in [1.165, 1.54) is 0 Å². The summed E-state index contributed by atoms with van der Waals surface area (Å²) in [5, 5.41) is 14.8. The second-order valence-corrected chi connectivity index (χ2v) is 9.80. The molecule has 1 aliphatic heterocycles. The molecule has 0 bridgehead atoms. The molecule has 10 nitrogen and oxygen atoms in total. The Labute approximate surface area is 177 Å². The zero-order chi connectivity index (χ0) is 23.4. The van der Waals surface area contributed by atoms with E-state index < -0.39 is 53.4 Å². The first-order valence-corrected chi connectivity index (χ1v) is 10.0. The quantitative estimate of drug-likeness (QED) is 0.609. The standard InChI is InChI=1S/C20H35N3O7/c1-11(2)14(22-17(27)29-19(3,4)5)15(24)21-12-9-13(16(25)26)23(10-12)18(28)30-20(6,7)8/h11-14H,9-10H2,1-8H3,(H,21,24)(H,22,27)(H,25,26). The number of hydrogen-bond donors (Lipinski definition) is 3. The van der Waals surface area contributed by atoms with Gasteiger partial charge in [0, 0.05) is 19.0 Å². The third-order valence-electron chi connectivity index (χ3n) is 4.18. The molecule has 3 amide bonds. The Kier molecular flexibility index (Phi) is 8.10. The van der Waals surface area contributed by atoms with Crippen LogP contribution in [-0.2, 0) is 19.1 Å². The molecule has 0 aromatic rings. The van der Waals surface area contributed by atoms with E-state index in [1.54, 1.807) is 55.4 Å². The number of likely N-dealkylation sites (tertiary alicyclic amines) is 1. The van der Waals surface area contributed by atoms with Crippen LogP contribution in [0.2, 0.25) is 0 Å². The van der Waals surface area contributed by atoms with Gasteiger partial charge >= 0.3 is 18.2 Å². The maximum atomic E-state index is 12.8. The van der Waals surface area contributed by atoms with Gasteiger partial charge in [0.05, 0.1) is 0 Å². The summed E-state index contributed by atoms with van der Waals surface area (Å²) in [4.78, 5) is 49.9. The molecule has 30 heavy (non-hydrogen) atoms. The molecule has 1 aliphatic rings. The number of carbonyl (C=O) groups is 4. The number of carbonyl (C=O) groups excluding carboxylic acids is 3. The minimum atomic E-state index is -1.18. The first-order valence-electron chi connectivity index (χ1n) is 10.0. The summed E-state index contributed by atoms with van der Waals surface area (Å²) in [6.45, 7) is 13.7. The van der Waals surface area contributed by atoms with Crippen molar-refractivity contribution >= 4 is 24.1 Å². The minimum Gasteiger partial charge on any atom is -0.480 e. The van der Waals surface area contributed by atoms with E-state index >= 15 is 0 Å². The molecule has 0 aromatic carbocycles. The number of carboxylic acids is 1. The van der Waals surface area contributed by atoms with E-state index in [0.717, 1.165) is 4.90 Å². The molecule has 0 aliphatic carbocycles. The van der Waals surface area contributed by atoms with Crippen LogP contribution in [0.1, 0.15) is 61.8 Å². The number of amides is 3. The van der Waals surface area contributed by atoms with Crippen LogP contribution in [0.15, 0.2) is 0 Å². The van der Waals surface area contributed by atoms with Gasteiger partial charge in [-0.3, -0.25) is 9.69 Å².